The Morgan fingerprint density at radius 2 is 1.26 bits per heavy atom. The normalized spacial score (nSPS) is 10.6. The maximum Gasteiger partial charge on any atom is 0.338 e. The Balaban J connectivity index is 2.41. The fourth-order valence-electron chi connectivity index (χ4n) is 2.70. The van der Waals surface area contributed by atoms with Gasteiger partial charge < -0.3 is 14.6 Å². The van der Waals surface area contributed by atoms with Gasteiger partial charge in [0.05, 0.1) is 5.39 Å². The van der Waals surface area contributed by atoms with Crippen LogP contribution >= 0.6 is 0 Å². The standard InChI is InChI=1S/C22H18O5/c1-12(2)21(24)26-19-14-8-5-6-9-15(14)20(27-22(25)13(3)4)18-16(19)10-7-11-17(18)23/h5-11,23H,1,3H2,2,4H3. The first-order valence-corrected chi connectivity index (χ1v) is 8.23. The van der Waals surface area contributed by atoms with Gasteiger partial charge in [-0.1, -0.05) is 49.6 Å². The molecule has 0 aromatic heterocycles. The molecule has 0 saturated carbocycles. The molecule has 0 spiro atoms. The van der Waals surface area contributed by atoms with Gasteiger partial charge in [-0.25, -0.2) is 9.59 Å². The average molecular weight is 362 g/mol. The molecule has 0 aliphatic heterocycles. The molecule has 3 aromatic carbocycles. The van der Waals surface area contributed by atoms with Gasteiger partial charge in [-0.2, -0.15) is 0 Å². The summed E-state index contributed by atoms with van der Waals surface area (Å²) in [5.74, 6) is -0.857. The summed E-state index contributed by atoms with van der Waals surface area (Å²) < 4.78 is 11.1. The van der Waals surface area contributed by atoms with E-state index in [2.05, 4.69) is 13.2 Å². The molecule has 136 valence electrons. The van der Waals surface area contributed by atoms with E-state index < -0.39 is 11.9 Å². The fraction of sp³-hybridized carbons (Fsp3) is 0.0909. The summed E-state index contributed by atoms with van der Waals surface area (Å²) >= 11 is 0. The Kier molecular flexibility index (Phi) is 4.69. The van der Waals surface area contributed by atoms with Crippen molar-refractivity contribution in [3.05, 3.63) is 66.8 Å². The van der Waals surface area contributed by atoms with Crippen molar-refractivity contribution in [3.8, 4) is 17.2 Å². The Morgan fingerprint density at radius 3 is 1.81 bits per heavy atom. The molecule has 0 saturated heterocycles. The third kappa shape index (κ3) is 3.27. The highest BCUT2D eigenvalue weighted by Gasteiger charge is 2.22. The molecule has 5 heteroatoms. The van der Waals surface area contributed by atoms with Crippen molar-refractivity contribution in [3.63, 3.8) is 0 Å². The molecular weight excluding hydrogens is 344 g/mol. The largest absolute Gasteiger partial charge is 0.507 e. The van der Waals surface area contributed by atoms with E-state index in [0.29, 0.717) is 16.2 Å². The quantitative estimate of drug-likeness (QED) is 0.316. The number of hydrogen-bond donors (Lipinski definition) is 1. The molecule has 0 bridgehead atoms. The highest BCUT2D eigenvalue weighted by atomic mass is 16.5. The Morgan fingerprint density at radius 1 is 0.778 bits per heavy atom. The van der Waals surface area contributed by atoms with Crippen LogP contribution in [0.4, 0.5) is 0 Å². The summed E-state index contributed by atoms with van der Waals surface area (Å²) in [7, 11) is 0. The third-order valence-corrected chi connectivity index (χ3v) is 4.02. The maximum absolute atomic E-state index is 12.2. The minimum Gasteiger partial charge on any atom is -0.507 e. The van der Waals surface area contributed by atoms with Gasteiger partial charge in [-0.15, -0.1) is 0 Å². The average Bonchev–Trinajstić information content (AvgIpc) is 2.63. The van der Waals surface area contributed by atoms with Crippen molar-refractivity contribution >= 4 is 33.5 Å². The van der Waals surface area contributed by atoms with Gasteiger partial charge in [-0.3, -0.25) is 0 Å². The van der Waals surface area contributed by atoms with E-state index in [9.17, 15) is 14.7 Å². The number of phenols is 1. The number of fused-ring (bicyclic) bond motifs is 2. The molecule has 0 amide bonds. The zero-order chi connectivity index (χ0) is 19.7. The lowest BCUT2D eigenvalue weighted by molar-refractivity contribution is -0.130. The number of carbonyl (C=O) groups excluding carboxylic acids is 2. The van der Waals surface area contributed by atoms with E-state index in [0.717, 1.165) is 0 Å². The van der Waals surface area contributed by atoms with Crippen molar-refractivity contribution in [1.82, 2.24) is 0 Å². The summed E-state index contributed by atoms with van der Waals surface area (Å²) in [5, 5.41) is 12.3. The molecule has 0 atom stereocenters. The maximum atomic E-state index is 12.2. The van der Waals surface area contributed by atoms with Gasteiger partial charge >= 0.3 is 11.9 Å². The Hall–Kier alpha value is -3.60. The molecular formula is C22H18O5. The summed E-state index contributed by atoms with van der Waals surface area (Å²) in [4.78, 5) is 24.3. The molecule has 3 aromatic rings. The molecule has 0 aliphatic rings. The van der Waals surface area contributed by atoms with Crippen LogP contribution in [0.15, 0.2) is 66.8 Å². The first kappa shape index (κ1) is 18.2. The highest BCUT2D eigenvalue weighted by Crippen LogP contribution is 2.46. The number of hydrogen-bond acceptors (Lipinski definition) is 5. The van der Waals surface area contributed by atoms with E-state index >= 15 is 0 Å². The highest BCUT2D eigenvalue weighted by molar-refractivity contribution is 6.15. The van der Waals surface area contributed by atoms with E-state index in [1.807, 2.05) is 0 Å². The van der Waals surface area contributed by atoms with Crippen LogP contribution in [0.2, 0.25) is 0 Å². The van der Waals surface area contributed by atoms with Gasteiger partial charge in [0, 0.05) is 27.3 Å². The summed E-state index contributed by atoms with van der Waals surface area (Å²) in [5.41, 5.74) is 0.464. The van der Waals surface area contributed by atoms with E-state index in [1.54, 1.807) is 43.3 Å². The van der Waals surface area contributed by atoms with E-state index in [1.165, 1.54) is 13.0 Å². The predicted molar refractivity (Wildman–Crippen MR) is 104 cm³/mol. The van der Waals surface area contributed by atoms with Crippen LogP contribution in [0, 0.1) is 0 Å². The topological polar surface area (TPSA) is 72.8 Å². The first-order valence-electron chi connectivity index (χ1n) is 8.23. The molecule has 0 radical (unpaired) electrons. The van der Waals surface area contributed by atoms with Crippen LogP contribution in [0.5, 0.6) is 17.2 Å². The van der Waals surface area contributed by atoms with Crippen molar-refractivity contribution in [2.24, 2.45) is 0 Å². The number of ether oxygens (including phenoxy) is 2. The van der Waals surface area contributed by atoms with Gasteiger partial charge in [0.2, 0.25) is 0 Å². The second-order valence-electron chi connectivity index (χ2n) is 6.24. The molecule has 0 unspecified atom stereocenters. The second-order valence-corrected chi connectivity index (χ2v) is 6.24. The van der Waals surface area contributed by atoms with Gasteiger partial charge in [0.25, 0.3) is 0 Å². The number of benzene rings is 3. The zero-order valence-electron chi connectivity index (χ0n) is 15.0. The van der Waals surface area contributed by atoms with Crippen molar-refractivity contribution in [2.45, 2.75) is 13.8 Å². The molecule has 0 fully saturated rings. The van der Waals surface area contributed by atoms with Crippen LogP contribution in [0.25, 0.3) is 21.5 Å². The minimum absolute atomic E-state index is 0.101. The SMILES string of the molecule is C=C(C)C(=O)Oc1c2ccccc2c(OC(=O)C(=C)C)c2c(O)cccc12. The number of rotatable bonds is 4. The van der Waals surface area contributed by atoms with E-state index in [4.69, 9.17) is 9.47 Å². The Labute approximate surface area is 156 Å². The first-order chi connectivity index (χ1) is 12.8. The summed E-state index contributed by atoms with van der Waals surface area (Å²) in [6.07, 6.45) is 0. The summed E-state index contributed by atoms with van der Waals surface area (Å²) in [6, 6.07) is 11.8. The van der Waals surface area contributed by atoms with E-state index in [-0.39, 0.29) is 33.8 Å². The monoisotopic (exact) mass is 362 g/mol. The molecule has 0 heterocycles. The molecule has 0 aliphatic carbocycles. The fourth-order valence-corrected chi connectivity index (χ4v) is 2.70. The molecule has 1 N–H and O–H groups in total. The number of esters is 2. The van der Waals surface area contributed by atoms with Crippen LogP contribution < -0.4 is 9.47 Å². The molecule has 27 heavy (non-hydrogen) atoms. The number of carbonyl (C=O) groups is 2. The zero-order valence-corrected chi connectivity index (χ0v) is 15.0. The lowest BCUT2D eigenvalue weighted by Crippen LogP contribution is -2.11. The van der Waals surface area contributed by atoms with Gasteiger partial charge in [-0.05, 0) is 19.9 Å². The second kappa shape index (κ2) is 6.96. The Bertz CT molecular complexity index is 1120. The van der Waals surface area contributed by atoms with Crippen LogP contribution in [-0.4, -0.2) is 17.0 Å². The minimum atomic E-state index is -0.614. The third-order valence-electron chi connectivity index (χ3n) is 4.02. The van der Waals surface area contributed by atoms with Crippen molar-refractivity contribution < 1.29 is 24.2 Å². The number of aromatic hydroxyl groups is 1. The molecule has 3 rings (SSSR count). The smallest absolute Gasteiger partial charge is 0.338 e. The van der Waals surface area contributed by atoms with Gasteiger partial charge in [0.15, 0.2) is 5.75 Å². The van der Waals surface area contributed by atoms with Crippen molar-refractivity contribution in [2.75, 3.05) is 0 Å². The lowest BCUT2D eigenvalue weighted by atomic mass is 9.99. The number of phenolic OH excluding ortho intramolecular Hbond substituents is 1. The van der Waals surface area contributed by atoms with Crippen LogP contribution in [0.1, 0.15) is 13.8 Å². The van der Waals surface area contributed by atoms with Crippen LogP contribution in [0.3, 0.4) is 0 Å². The summed E-state index contributed by atoms with van der Waals surface area (Å²) in [6.45, 7) is 10.3. The van der Waals surface area contributed by atoms with Crippen molar-refractivity contribution in [1.29, 1.82) is 0 Å². The predicted octanol–water partition coefficient (Wildman–Crippen LogP) is 4.66. The van der Waals surface area contributed by atoms with Crippen LogP contribution in [-0.2, 0) is 9.59 Å². The lowest BCUT2D eigenvalue weighted by Gasteiger charge is -2.17. The molecule has 5 nitrogen and oxygen atoms in total. The van der Waals surface area contributed by atoms with Gasteiger partial charge in [0.1, 0.15) is 11.5 Å².